The number of pyridine rings is 2. The lowest BCUT2D eigenvalue weighted by Crippen LogP contribution is -2.34. The van der Waals surface area contributed by atoms with Crippen molar-refractivity contribution < 1.29 is 29.1 Å². The number of benzene rings is 1. The summed E-state index contributed by atoms with van der Waals surface area (Å²) in [6.07, 6.45) is 2.64. The van der Waals surface area contributed by atoms with Crippen LogP contribution in [-0.2, 0) is 0 Å². The fourth-order valence-electron chi connectivity index (χ4n) is 3.29. The first-order valence-electron chi connectivity index (χ1n) is 9.67. The minimum atomic E-state index is -1.36. The topological polar surface area (TPSA) is 159 Å². The molecule has 3 N–H and O–H groups in total. The molecule has 1 aromatic carbocycles. The quantitative estimate of drug-likeness (QED) is 0.265. The Bertz CT molecular complexity index is 1460. The molecule has 0 fully saturated rings. The Kier molecular flexibility index (Phi) is 6.32. The third-order valence-electron chi connectivity index (χ3n) is 4.86. The van der Waals surface area contributed by atoms with E-state index in [9.17, 15) is 29.1 Å². The van der Waals surface area contributed by atoms with E-state index < -0.39 is 28.9 Å². The zero-order chi connectivity index (χ0) is 25.3. The molecule has 3 aromatic rings. The van der Waals surface area contributed by atoms with E-state index in [0.29, 0.717) is 4.90 Å². The number of imide groups is 1. The number of hydrogen-bond acceptors (Lipinski definition) is 8. The van der Waals surface area contributed by atoms with Crippen molar-refractivity contribution in [3.05, 3.63) is 82.7 Å². The summed E-state index contributed by atoms with van der Waals surface area (Å²) in [6.45, 7) is 0. The average molecular weight is 510 g/mol. The lowest BCUT2D eigenvalue weighted by Gasteiger charge is -2.14. The number of carboxylic acid groups (broad SMARTS) is 1. The van der Waals surface area contributed by atoms with Gasteiger partial charge in [-0.2, -0.15) is 0 Å². The van der Waals surface area contributed by atoms with Crippen molar-refractivity contribution in [1.29, 1.82) is 0 Å². The molecular weight excluding hydrogens is 498 g/mol. The van der Waals surface area contributed by atoms with E-state index in [4.69, 9.17) is 23.8 Å². The summed E-state index contributed by atoms with van der Waals surface area (Å²) < 4.78 is 0. The Morgan fingerprint density at radius 1 is 0.943 bits per heavy atom. The summed E-state index contributed by atoms with van der Waals surface area (Å²) in [5.41, 5.74) is -0.426. The van der Waals surface area contributed by atoms with Crippen molar-refractivity contribution >= 4 is 69.5 Å². The highest BCUT2D eigenvalue weighted by Gasteiger charge is 2.39. The first-order chi connectivity index (χ1) is 16.7. The van der Waals surface area contributed by atoms with E-state index in [2.05, 4.69) is 20.6 Å². The maximum atomic E-state index is 13.0. The van der Waals surface area contributed by atoms with Crippen LogP contribution in [0.15, 0.2) is 54.9 Å². The molecule has 0 saturated heterocycles. The molecule has 0 unspecified atom stereocenters. The van der Waals surface area contributed by atoms with Gasteiger partial charge < -0.3 is 10.4 Å². The highest BCUT2D eigenvalue weighted by Crippen LogP contribution is 2.30. The number of nitrogens with zero attached hydrogens (tertiary/aromatic N) is 3. The monoisotopic (exact) mass is 509 g/mol. The minimum Gasteiger partial charge on any atom is -0.478 e. The van der Waals surface area contributed by atoms with Crippen molar-refractivity contribution in [3.63, 3.8) is 0 Å². The van der Waals surface area contributed by atoms with Gasteiger partial charge in [0.05, 0.1) is 16.7 Å². The number of anilines is 2. The van der Waals surface area contributed by atoms with Gasteiger partial charge in [-0.05, 0) is 66.3 Å². The molecule has 3 amide bonds. The van der Waals surface area contributed by atoms with Gasteiger partial charge in [-0.25, -0.2) is 19.7 Å². The molecule has 0 bridgehead atoms. The van der Waals surface area contributed by atoms with Crippen LogP contribution >= 0.6 is 23.8 Å². The number of aromatic nitrogens is 2. The number of nitrogens with one attached hydrogen (secondary N) is 2. The summed E-state index contributed by atoms with van der Waals surface area (Å²) in [5.74, 6) is -3.99. The third kappa shape index (κ3) is 4.47. The normalized spacial score (nSPS) is 12.2. The second kappa shape index (κ2) is 9.37. The molecule has 2 aromatic heterocycles. The average Bonchev–Trinajstić information content (AvgIpc) is 3.08. The molecule has 13 heteroatoms. The maximum Gasteiger partial charge on any atom is 0.339 e. The summed E-state index contributed by atoms with van der Waals surface area (Å²) in [4.78, 5) is 70.0. The SMILES string of the molecule is O=C(NC(=S)Nc1ncccc1C(=O)Cl)c1ccc2c(c1)C(=O)N(c1ncccc1C(=O)O)C2=O. The third-order valence-corrected chi connectivity index (χ3v) is 5.26. The predicted octanol–water partition coefficient (Wildman–Crippen LogP) is 2.48. The molecule has 0 atom stereocenters. The number of hydrogen-bond donors (Lipinski definition) is 3. The number of carboxylic acids is 1. The largest absolute Gasteiger partial charge is 0.478 e. The lowest BCUT2D eigenvalue weighted by molar-refractivity contribution is 0.0697. The molecule has 35 heavy (non-hydrogen) atoms. The zero-order valence-electron chi connectivity index (χ0n) is 17.3. The van der Waals surface area contributed by atoms with Gasteiger partial charge in [0.2, 0.25) is 0 Å². The number of carbonyl (C=O) groups excluding carboxylic acids is 4. The lowest BCUT2D eigenvalue weighted by atomic mass is 10.1. The summed E-state index contributed by atoms with van der Waals surface area (Å²) in [7, 11) is 0. The molecule has 3 heterocycles. The van der Waals surface area contributed by atoms with Crippen molar-refractivity contribution in [2.75, 3.05) is 10.2 Å². The van der Waals surface area contributed by atoms with Crippen LogP contribution in [0.4, 0.5) is 11.6 Å². The standard InChI is InChI=1S/C22H12ClN5O6S/c23-15(29)12-3-1-7-24-16(12)26-22(35)27-18(30)10-5-6-11-14(9-10)20(32)28(19(11)31)17-13(21(33)34)4-2-8-25-17/h1-9H,(H,33,34)(H2,24,26,27,30,35). The van der Waals surface area contributed by atoms with Gasteiger partial charge in [-0.15, -0.1) is 0 Å². The van der Waals surface area contributed by atoms with Gasteiger partial charge in [-0.1, -0.05) is 0 Å². The Balaban J connectivity index is 1.56. The summed E-state index contributed by atoms with van der Waals surface area (Å²) >= 11 is 10.6. The molecule has 1 aliphatic heterocycles. The van der Waals surface area contributed by atoms with Crippen LogP contribution in [0.25, 0.3) is 0 Å². The van der Waals surface area contributed by atoms with Crippen LogP contribution in [0.2, 0.25) is 0 Å². The van der Waals surface area contributed by atoms with Gasteiger partial charge in [0.15, 0.2) is 10.9 Å². The van der Waals surface area contributed by atoms with E-state index >= 15 is 0 Å². The molecule has 0 saturated carbocycles. The highest BCUT2D eigenvalue weighted by atomic mass is 35.5. The van der Waals surface area contributed by atoms with Gasteiger partial charge in [0.1, 0.15) is 11.4 Å². The number of halogens is 1. The molecule has 4 rings (SSSR count). The fourth-order valence-corrected chi connectivity index (χ4v) is 3.64. The number of rotatable bonds is 5. The Labute approximate surface area is 206 Å². The highest BCUT2D eigenvalue weighted by molar-refractivity contribution is 7.80. The van der Waals surface area contributed by atoms with Gasteiger partial charge in [-0.3, -0.25) is 24.5 Å². The van der Waals surface area contributed by atoms with Crippen LogP contribution in [0, 0.1) is 0 Å². The van der Waals surface area contributed by atoms with Gasteiger partial charge in [0, 0.05) is 18.0 Å². The second-order valence-electron chi connectivity index (χ2n) is 6.97. The van der Waals surface area contributed by atoms with E-state index in [-0.39, 0.29) is 44.6 Å². The van der Waals surface area contributed by atoms with Gasteiger partial charge in [0.25, 0.3) is 23.0 Å². The first kappa shape index (κ1) is 23.6. The van der Waals surface area contributed by atoms with Crippen LogP contribution in [0.1, 0.15) is 51.8 Å². The zero-order valence-corrected chi connectivity index (χ0v) is 18.9. The second-order valence-corrected chi connectivity index (χ2v) is 7.72. The number of fused-ring (bicyclic) bond motifs is 1. The molecule has 11 nitrogen and oxygen atoms in total. The van der Waals surface area contributed by atoms with Crippen LogP contribution in [0.5, 0.6) is 0 Å². The van der Waals surface area contributed by atoms with Crippen molar-refractivity contribution in [2.24, 2.45) is 0 Å². The first-order valence-corrected chi connectivity index (χ1v) is 10.5. The molecule has 174 valence electrons. The minimum absolute atomic E-state index is 0.00922. The number of aromatic carboxylic acids is 1. The van der Waals surface area contributed by atoms with Gasteiger partial charge >= 0.3 is 5.97 Å². The molecular formula is C22H12ClN5O6S. The van der Waals surface area contributed by atoms with Crippen molar-refractivity contribution in [1.82, 2.24) is 15.3 Å². The van der Waals surface area contributed by atoms with Crippen molar-refractivity contribution in [3.8, 4) is 0 Å². The summed E-state index contributed by atoms with van der Waals surface area (Å²) in [5, 5.41) is 13.4. The number of carbonyl (C=O) groups is 5. The van der Waals surface area contributed by atoms with Crippen LogP contribution in [-0.4, -0.2) is 49.1 Å². The molecule has 0 aliphatic carbocycles. The number of thiocarbonyl (C=S) groups is 1. The van der Waals surface area contributed by atoms with E-state index in [1.54, 1.807) is 0 Å². The maximum absolute atomic E-state index is 13.0. The van der Waals surface area contributed by atoms with Crippen LogP contribution < -0.4 is 15.5 Å². The fraction of sp³-hybridized carbons (Fsp3) is 0. The van der Waals surface area contributed by atoms with E-state index in [1.807, 2.05) is 0 Å². The molecule has 0 spiro atoms. The molecule has 1 aliphatic rings. The Morgan fingerprint density at radius 2 is 1.60 bits per heavy atom. The predicted molar refractivity (Wildman–Crippen MR) is 127 cm³/mol. The van der Waals surface area contributed by atoms with Crippen LogP contribution in [0.3, 0.4) is 0 Å². The number of amides is 3. The molecule has 0 radical (unpaired) electrons. The smallest absolute Gasteiger partial charge is 0.339 e. The van der Waals surface area contributed by atoms with Crippen molar-refractivity contribution in [2.45, 2.75) is 0 Å². The Hall–Kier alpha value is -4.55. The summed E-state index contributed by atoms with van der Waals surface area (Å²) in [6, 6.07) is 9.25. The Morgan fingerprint density at radius 3 is 2.29 bits per heavy atom. The van der Waals surface area contributed by atoms with E-state index in [0.717, 1.165) is 0 Å². The van der Waals surface area contributed by atoms with E-state index in [1.165, 1.54) is 54.9 Å².